The zero-order valence-corrected chi connectivity index (χ0v) is 12.4. The number of nitrogens with one attached hydrogen (secondary N) is 1. The Kier molecular flexibility index (Phi) is 4.27. The van der Waals surface area contributed by atoms with Crippen molar-refractivity contribution >= 4 is 11.0 Å². The largest absolute Gasteiger partial charge is 0.459 e. The molecule has 1 saturated carbocycles. The zero-order valence-electron chi connectivity index (χ0n) is 12.4. The second-order valence-electron chi connectivity index (χ2n) is 6.18. The van der Waals surface area contributed by atoms with Crippen molar-refractivity contribution in [3.05, 3.63) is 35.8 Å². The van der Waals surface area contributed by atoms with Gasteiger partial charge < -0.3 is 4.42 Å². The molecule has 0 aliphatic heterocycles. The molecule has 1 aliphatic rings. The first kappa shape index (κ1) is 14.5. The van der Waals surface area contributed by atoms with Crippen LogP contribution in [0.5, 0.6) is 0 Å². The summed E-state index contributed by atoms with van der Waals surface area (Å²) >= 11 is 0. The Balaban J connectivity index is 1.87. The second kappa shape index (κ2) is 6.16. The topological polar surface area (TPSA) is 51.2 Å². The molecule has 4 heteroatoms. The minimum atomic E-state index is -0.240. The third-order valence-electron chi connectivity index (χ3n) is 4.86. The molecule has 1 aromatic carbocycles. The van der Waals surface area contributed by atoms with E-state index in [1.54, 1.807) is 6.07 Å². The molecule has 3 nitrogen and oxygen atoms in total. The highest BCUT2D eigenvalue weighted by molar-refractivity contribution is 5.78. The van der Waals surface area contributed by atoms with Gasteiger partial charge in [-0.05, 0) is 48.9 Å². The average Bonchev–Trinajstić information content (AvgIpc) is 2.91. The highest BCUT2D eigenvalue weighted by Crippen LogP contribution is 2.39. The Hall–Kier alpha value is -1.39. The van der Waals surface area contributed by atoms with Crippen LogP contribution in [0.1, 0.15) is 50.8 Å². The van der Waals surface area contributed by atoms with Gasteiger partial charge in [-0.3, -0.25) is 5.84 Å². The molecule has 1 fully saturated rings. The molecule has 0 radical (unpaired) electrons. The van der Waals surface area contributed by atoms with Crippen molar-refractivity contribution in [1.29, 1.82) is 0 Å². The van der Waals surface area contributed by atoms with Gasteiger partial charge in [-0.1, -0.05) is 26.2 Å². The van der Waals surface area contributed by atoms with E-state index in [0.717, 1.165) is 29.1 Å². The maximum absolute atomic E-state index is 13.3. The highest BCUT2D eigenvalue weighted by atomic mass is 19.1. The third-order valence-corrected chi connectivity index (χ3v) is 4.86. The Bertz CT molecular complexity index is 610. The van der Waals surface area contributed by atoms with E-state index in [9.17, 15) is 4.39 Å². The summed E-state index contributed by atoms with van der Waals surface area (Å²) in [4.78, 5) is 0. The number of fused-ring (bicyclic) bond motifs is 1. The molecule has 3 N–H and O–H groups in total. The van der Waals surface area contributed by atoms with Gasteiger partial charge in [0.25, 0.3) is 0 Å². The van der Waals surface area contributed by atoms with Crippen LogP contribution in [0.4, 0.5) is 4.39 Å². The van der Waals surface area contributed by atoms with Crippen LogP contribution < -0.4 is 11.3 Å². The van der Waals surface area contributed by atoms with E-state index in [1.807, 2.05) is 6.07 Å². The van der Waals surface area contributed by atoms with Gasteiger partial charge in [0, 0.05) is 5.39 Å². The monoisotopic (exact) mass is 290 g/mol. The van der Waals surface area contributed by atoms with Gasteiger partial charge in [-0.25, -0.2) is 9.82 Å². The normalized spacial score (nSPS) is 24.3. The average molecular weight is 290 g/mol. The molecule has 114 valence electrons. The van der Waals surface area contributed by atoms with E-state index >= 15 is 0 Å². The molecule has 1 aromatic heterocycles. The first-order valence-electron chi connectivity index (χ1n) is 7.86. The molecule has 3 atom stereocenters. The molecule has 21 heavy (non-hydrogen) atoms. The van der Waals surface area contributed by atoms with Crippen molar-refractivity contribution < 1.29 is 8.81 Å². The summed E-state index contributed by atoms with van der Waals surface area (Å²) in [5, 5.41) is 0.799. The van der Waals surface area contributed by atoms with Gasteiger partial charge in [-0.2, -0.15) is 0 Å². The van der Waals surface area contributed by atoms with Crippen molar-refractivity contribution in [3.8, 4) is 0 Å². The molecule has 0 amide bonds. The van der Waals surface area contributed by atoms with Crippen LogP contribution >= 0.6 is 0 Å². The number of hydrogen-bond acceptors (Lipinski definition) is 3. The molecule has 2 aromatic rings. The number of rotatable bonds is 4. The number of hydrogen-bond donors (Lipinski definition) is 2. The Morgan fingerprint density at radius 3 is 3.00 bits per heavy atom. The molecule has 1 heterocycles. The summed E-state index contributed by atoms with van der Waals surface area (Å²) in [6.07, 6.45) is 6.12. The highest BCUT2D eigenvalue weighted by Gasteiger charge is 2.30. The molecule has 0 bridgehead atoms. The summed E-state index contributed by atoms with van der Waals surface area (Å²) in [5.41, 5.74) is 3.64. The van der Waals surface area contributed by atoms with Crippen molar-refractivity contribution in [1.82, 2.24) is 5.43 Å². The lowest BCUT2D eigenvalue weighted by Gasteiger charge is -2.33. The molecular formula is C17H23FN2O. The quantitative estimate of drug-likeness (QED) is 0.652. The van der Waals surface area contributed by atoms with Crippen LogP contribution in [-0.2, 0) is 0 Å². The van der Waals surface area contributed by atoms with Gasteiger partial charge in [0.1, 0.15) is 17.2 Å². The summed E-state index contributed by atoms with van der Waals surface area (Å²) in [6, 6.07) is 6.53. The molecule has 3 unspecified atom stereocenters. The molecule has 1 aliphatic carbocycles. The Morgan fingerprint density at radius 1 is 1.38 bits per heavy atom. The molecule has 0 spiro atoms. The number of furan rings is 1. The minimum absolute atomic E-state index is 0.00908. The van der Waals surface area contributed by atoms with Gasteiger partial charge in [0.05, 0.1) is 6.04 Å². The van der Waals surface area contributed by atoms with Crippen molar-refractivity contribution in [2.45, 2.75) is 45.1 Å². The maximum atomic E-state index is 13.3. The number of halogens is 1. The summed E-state index contributed by atoms with van der Waals surface area (Å²) in [6.45, 7) is 2.25. The van der Waals surface area contributed by atoms with Gasteiger partial charge in [-0.15, -0.1) is 0 Å². The lowest BCUT2D eigenvalue weighted by atomic mass is 9.76. The van der Waals surface area contributed by atoms with Crippen LogP contribution in [0.25, 0.3) is 11.0 Å². The summed E-state index contributed by atoms with van der Waals surface area (Å²) in [7, 11) is 0. The van der Waals surface area contributed by atoms with Crippen LogP contribution in [0.15, 0.2) is 28.7 Å². The van der Waals surface area contributed by atoms with Crippen molar-refractivity contribution in [2.24, 2.45) is 17.7 Å². The molecule has 0 saturated heterocycles. The standard InChI is InChI=1S/C17H23FN2O/c1-2-11-4-3-5-12(8-11)17(20-19)16-10-13-9-14(18)6-7-15(13)21-16/h6-7,9-12,17,20H,2-5,8,19H2,1H3. The van der Waals surface area contributed by atoms with Crippen LogP contribution in [-0.4, -0.2) is 0 Å². The smallest absolute Gasteiger partial charge is 0.134 e. The zero-order chi connectivity index (χ0) is 14.8. The van der Waals surface area contributed by atoms with Gasteiger partial charge in [0.2, 0.25) is 0 Å². The fourth-order valence-corrected chi connectivity index (χ4v) is 3.64. The molecule has 3 rings (SSSR count). The lowest BCUT2D eigenvalue weighted by Crippen LogP contribution is -2.35. The van der Waals surface area contributed by atoms with E-state index in [0.29, 0.717) is 5.92 Å². The fraction of sp³-hybridized carbons (Fsp3) is 0.529. The SMILES string of the molecule is CCC1CCCC(C(NN)c2cc3cc(F)ccc3o2)C1. The first-order valence-corrected chi connectivity index (χ1v) is 7.86. The second-order valence-corrected chi connectivity index (χ2v) is 6.18. The minimum Gasteiger partial charge on any atom is -0.459 e. The van der Waals surface area contributed by atoms with Crippen LogP contribution in [0.3, 0.4) is 0 Å². The van der Waals surface area contributed by atoms with E-state index in [2.05, 4.69) is 12.3 Å². The predicted molar refractivity (Wildman–Crippen MR) is 82.0 cm³/mol. The van der Waals surface area contributed by atoms with Crippen LogP contribution in [0.2, 0.25) is 0 Å². The van der Waals surface area contributed by atoms with E-state index < -0.39 is 0 Å². The van der Waals surface area contributed by atoms with E-state index in [4.69, 9.17) is 10.3 Å². The third kappa shape index (κ3) is 2.97. The number of benzene rings is 1. The molecular weight excluding hydrogens is 267 g/mol. The predicted octanol–water partition coefficient (Wildman–Crippen LogP) is 4.29. The number of nitrogens with two attached hydrogens (primary N) is 1. The maximum Gasteiger partial charge on any atom is 0.134 e. The van der Waals surface area contributed by atoms with E-state index in [1.165, 1.54) is 37.8 Å². The van der Waals surface area contributed by atoms with Crippen molar-refractivity contribution in [2.75, 3.05) is 0 Å². The lowest BCUT2D eigenvalue weighted by molar-refractivity contribution is 0.196. The van der Waals surface area contributed by atoms with Gasteiger partial charge >= 0.3 is 0 Å². The summed E-state index contributed by atoms with van der Waals surface area (Å²) < 4.78 is 19.2. The summed E-state index contributed by atoms with van der Waals surface area (Å²) in [5.74, 6) is 7.63. The van der Waals surface area contributed by atoms with Gasteiger partial charge in [0.15, 0.2) is 0 Å². The fourth-order valence-electron chi connectivity index (χ4n) is 3.64. The van der Waals surface area contributed by atoms with Crippen LogP contribution in [0, 0.1) is 17.7 Å². The van der Waals surface area contributed by atoms with Crippen molar-refractivity contribution in [3.63, 3.8) is 0 Å². The Morgan fingerprint density at radius 2 is 2.24 bits per heavy atom. The van der Waals surface area contributed by atoms with E-state index in [-0.39, 0.29) is 11.9 Å². The first-order chi connectivity index (χ1) is 10.2. The number of hydrazine groups is 1. The Labute approximate surface area is 124 Å².